The number of benzene rings is 1. The molecule has 0 bridgehead atoms. The maximum absolute atomic E-state index is 12.8. The number of hydrogen-bond acceptors (Lipinski definition) is 5. The van der Waals surface area contributed by atoms with Crippen molar-refractivity contribution in [2.45, 2.75) is 6.54 Å². The van der Waals surface area contributed by atoms with Gasteiger partial charge in [0.05, 0.1) is 17.8 Å². The zero-order valence-corrected chi connectivity index (χ0v) is 13.9. The molecule has 4 aromatic rings. The molecular formula is C18H15N5O3. The van der Waals surface area contributed by atoms with Crippen LogP contribution in [-0.4, -0.2) is 25.5 Å². The molecular weight excluding hydrogens is 334 g/mol. The van der Waals surface area contributed by atoms with E-state index in [9.17, 15) is 9.59 Å². The Morgan fingerprint density at radius 1 is 1.15 bits per heavy atom. The Morgan fingerprint density at radius 2 is 1.96 bits per heavy atom. The summed E-state index contributed by atoms with van der Waals surface area (Å²) in [5.41, 5.74) is -0.0755. The van der Waals surface area contributed by atoms with Crippen LogP contribution in [0.2, 0.25) is 0 Å². The SMILES string of the molecule is Cn1nc(C(=O)Nc2ccnn2Cc2ccco2)c2ccccc2c1=O. The second kappa shape index (κ2) is 6.32. The van der Waals surface area contributed by atoms with E-state index in [0.717, 1.165) is 10.4 Å². The first-order valence-electron chi connectivity index (χ1n) is 7.95. The highest BCUT2D eigenvalue weighted by Crippen LogP contribution is 2.16. The number of rotatable bonds is 4. The summed E-state index contributed by atoms with van der Waals surface area (Å²) in [5, 5.41) is 12.1. The van der Waals surface area contributed by atoms with Gasteiger partial charge in [-0.15, -0.1) is 0 Å². The number of fused-ring (bicyclic) bond motifs is 1. The third-order valence-electron chi connectivity index (χ3n) is 4.02. The number of carbonyl (C=O) groups excluding carboxylic acids is 1. The lowest BCUT2D eigenvalue weighted by atomic mass is 10.1. The number of nitrogens with zero attached hydrogens (tertiary/aromatic N) is 4. The molecule has 3 aromatic heterocycles. The molecule has 0 spiro atoms. The van der Waals surface area contributed by atoms with Gasteiger partial charge in [-0.1, -0.05) is 18.2 Å². The van der Waals surface area contributed by atoms with Crippen LogP contribution in [0.25, 0.3) is 10.8 Å². The fourth-order valence-corrected chi connectivity index (χ4v) is 2.76. The van der Waals surface area contributed by atoms with Gasteiger partial charge in [-0.3, -0.25) is 9.59 Å². The molecule has 3 heterocycles. The summed E-state index contributed by atoms with van der Waals surface area (Å²) in [6, 6.07) is 12.2. The molecule has 4 rings (SSSR count). The summed E-state index contributed by atoms with van der Waals surface area (Å²) in [4.78, 5) is 25.0. The van der Waals surface area contributed by atoms with Crippen molar-refractivity contribution in [3.63, 3.8) is 0 Å². The Bertz CT molecular complexity index is 1140. The molecule has 0 radical (unpaired) electrons. The van der Waals surface area contributed by atoms with Gasteiger partial charge in [-0.05, 0) is 18.2 Å². The topological polar surface area (TPSA) is 95.0 Å². The molecule has 8 heteroatoms. The average Bonchev–Trinajstić information content (AvgIpc) is 3.31. The summed E-state index contributed by atoms with van der Waals surface area (Å²) in [6.07, 6.45) is 3.17. The van der Waals surface area contributed by atoms with Crippen molar-refractivity contribution >= 4 is 22.5 Å². The van der Waals surface area contributed by atoms with Crippen LogP contribution in [0, 0.1) is 0 Å². The van der Waals surface area contributed by atoms with E-state index in [1.54, 1.807) is 53.5 Å². The third-order valence-corrected chi connectivity index (χ3v) is 4.02. The second-order valence-electron chi connectivity index (χ2n) is 5.73. The van der Waals surface area contributed by atoms with Crippen molar-refractivity contribution < 1.29 is 9.21 Å². The first-order chi connectivity index (χ1) is 12.6. The highest BCUT2D eigenvalue weighted by Gasteiger charge is 2.17. The molecule has 0 aliphatic carbocycles. The molecule has 0 atom stereocenters. The van der Waals surface area contributed by atoms with Gasteiger partial charge in [-0.25, -0.2) is 9.36 Å². The van der Waals surface area contributed by atoms with E-state index in [1.807, 2.05) is 6.07 Å². The van der Waals surface area contributed by atoms with Crippen LogP contribution in [0.15, 0.2) is 64.1 Å². The van der Waals surface area contributed by atoms with Crippen LogP contribution in [-0.2, 0) is 13.6 Å². The minimum atomic E-state index is -0.419. The number of amides is 1. The molecule has 1 aromatic carbocycles. The fourth-order valence-electron chi connectivity index (χ4n) is 2.76. The van der Waals surface area contributed by atoms with E-state index in [2.05, 4.69) is 15.5 Å². The van der Waals surface area contributed by atoms with Crippen molar-refractivity contribution in [3.8, 4) is 0 Å². The Morgan fingerprint density at radius 3 is 2.73 bits per heavy atom. The highest BCUT2D eigenvalue weighted by atomic mass is 16.3. The Labute approximate surface area is 147 Å². The first-order valence-corrected chi connectivity index (χ1v) is 7.95. The summed E-state index contributed by atoms with van der Waals surface area (Å²) in [5.74, 6) is 0.805. The maximum atomic E-state index is 12.8. The maximum Gasteiger partial charge on any atom is 0.277 e. The molecule has 0 unspecified atom stereocenters. The molecule has 0 aliphatic heterocycles. The molecule has 130 valence electrons. The zero-order chi connectivity index (χ0) is 18.1. The van der Waals surface area contributed by atoms with Gasteiger partial charge >= 0.3 is 0 Å². The number of carbonyl (C=O) groups is 1. The molecule has 0 fully saturated rings. The van der Waals surface area contributed by atoms with Crippen molar-refractivity contribution in [2.75, 3.05) is 5.32 Å². The lowest BCUT2D eigenvalue weighted by molar-refractivity contribution is 0.102. The smallest absolute Gasteiger partial charge is 0.277 e. The minimum absolute atomic E-state index is 0.174. The van der Waals surface area contributed by atoms with Gasteiger partial charge in [0.15, 0.2) is 5.69 Å². The quantitative estimate of drug-likeness (QED) is 0.608. The number of hydrogen-bond donors (Lipinski definition) is 1. The summed E-state index contributed by atoms with van der Waals surface area (Å²) >= 11 is 0. The predicted molar refractivity (Wildman–Crippen MR) is 95.0 cm³/mol. The van der Waals surface area contributed by atoms with Crippen LogP contribution >= 0.6 is 0 Å². The lowest BCUT2D eigenvalue weighted by Crippen LogP contribution is -2.26. The molecule has 1 N–H and O–H groups in total. The molecule has 1 amide bonds. The molecule has 26 heavy (non-hydrogen) atoms. The van der Waals surface area contributed by atoms with Gasteiger partial charge in [0, 0.05) is 18.5 Å². The Hall–Kier alpha value is -3.68. The van der Waals surface area contributed by atoms with E-state index in [4.69, 9.17) is 4.42 Å². The monoisotopic (exact) mass is 349 g/mol. The lowest BCUT2D eigenvalue weighted by Gasteiger charge is -2.10. The first kappa shape index (κ1) is 15.8. The largest absolute Gasteiger partial charge is 0.467 e. The van der Waals surface area contributed by atoms with Crippen LogP contribution < -0.4 is 10.9 Å². The summed E-state index contributed by atoms with van der Waals surface area (Å²) in [6.45, 7) is 0.386. The highest BCUT2D eigenvalue weighted by molar-refractivity contribution is 6.10. The Balaban J connectivity index is 1.68. The van der Waals surface area contributed by atoms with Crippen molar-refractivity contribution in [1.29, 1.82) is 0 Å². The third kappa shape index (κ3) is 2.77. The molecule has 0 aliphatic rings. The van der Waals surface area contributed by atoms with Crippen LogP contribution in [0.3, 0.4) is 0 Å². The number of aromatic nitrogens is 4. The van der Waals surface area contributed by atoms with Crippen molar-refractivity contribution in [2.24, 2.45) is 7.05 Å². The van der Waals surface area contributed by atoms with Gasteiger partial charge in [0.25, 0.3) is 11.5 Å². The normalized spacial score (nSPS) is 11.0. The number of aryl methyl sites for hydroxylation is 1. The summed E-state index contributed by atoms with van der Waals surface area (Å²) < 4.78 is 8.09. The fraction of sp³-hybridized carbons (Fsp3) is 0.111. The van der Waals surface area contributed by atoms with E-state index < -0.39 is 5.91 Å². The van der Waals surface area contributed by atoms with Gasteiger partial charge in [0.2, 0.25) is 0 Å². The van der Waals surface area contributed by atoms with E-state index in [-0.39, 0.29) is 11.3 Å². The molecule has 0 saturated carbocycles. The number of furan rings is 1. The molecule has 8 nitrogen and oxygen atoms in total. The van der Waals surface area contributed by atoms with Crippen LogP contribution in [0.5, 0.6) is 0 Å². The summed E-state index contributed by atoms with van der Waals surface area (Å²) in [7, 11) is 1.52. The van der Waals surface area contributed by atoms with E-state index in [1.165, 1.54) is 7.05 Å². The Kier molecular flexibility index (Phi) is 3.85. The van der Waals surface area contributed by atoms with Gasteiger partial charge < -0.3 is 9.73 Å². The average molecular weight is 349 g/mol. The van der Waals surface area contributed by atoms with Gasteiger partial charge in [0.1, 0.15) is 18.1 Å². The van der Waals surface area contributed by atoms with E-state index >= 15 is 0 Å². The van der Waals surface area contributed by atoms with Crippen molar-refractivity contribution in [3.05, 3.63) is 76.7 Å². The number of nitrogens with one attached hydrogen (secondary N) is 1. The van der Waals surface area contributed by atoms with Crippen LogP contribution in [0.4, 0.5) is 5.82 Å². The molecule has 0 saturated heterocycles. The standard InChI is InChI=1S/C18H15N5O3/c1-22-18(25)14-7-3-2-6-13(14)16(21-22)17(24)20-15-8-9-19-23(15)11-12-5-4-10-26-12/h2-10H,11H2,1H3,(H,20,24). The predicted octanol–water partition coefficient (Wildman–Crippen LogP) is 2.02. The van der Waals surface area contributed by atoms with E-state index in [0.29, 0.717) is 23.1 Å². The van der Waals surface area contributed by atoms with Crippen molar-refractivity contribution in [1.82, 2.24) is 19.6 Å². The minimum Gasteiger partial charge on any atom is -0.467 e. The zero-order valence-electron chi connectivity index (χ0n) is 13.9. The van der Waals surface area contributed by atoms with Crippen LogP contribution in [0.1, 0.15) is 16.2 Å². The second-order valence-corrected chi connectivity index (χ2v) is 5.73. The number of anilines is 1. The van der Waals surface area contributed by atoms with Gasteiger partial charge in [-0.2, -0.15) is 10.2 Å².